The van der Waals surface area contributed by atoms with E-state index in [4.69, 9.17) is 0 Å². The van der Waals surface area contributed by atoms with Crippen molar-refractivity contribution in [1.29, 1.82) is 5.26 Å². The van der Waals surface area contributed by atoms with Gasteiger partial charge in [0.25, 0.3) is 10.2 Å². The highest BCUT2D eigenvalue weighted by atomic mass is 32.2. The molecule has 0 saturated heterocycles. The lowest BCUT2D eigenvalue weighted by Crippen LogP contribution is -2.50. The highest BCUT2D eigenvalue weighted by molar-refractivity contribution is 7.86. The Kier molecular flexibility index (Phi) is 9.33. The van der Waals surface area contributed by atoms with Crippen LogP contribution in [0.1, 0.15) is 35.2 Å². The van der Waals surface area contributed by atoms with Gasteiger partial charge in [-0.25, -0.2) is 0 Å². The van der Waals surface area contributed by atoms with Gasteiger partial charge in [0.15, 0.2) is 0 Å². The quantitative estimate of drug-likeness (QED) is 0.292. The van der Waals surface area contributed by atoms with E-state index in [1.54, 1.807) is 23.6 Å². The van der Waals surface area contributed by atoms with Crippen molar-refractivity contribution in [3.63, 3.8) is 0 Å². The molecule has 0 N–H and O–H groups in total. The first-order valence-corrected chi connectivity index (χ1v) is 14.3. The summed E-state index contributed by atoms with van der Waals surface area (Å²) in [7, 11) is -2.23. The van der Waals surface area contributed by atoms with Crippen molar-refractivity contribution in [3.05, 3.63) is 131 Å². The third-order valence-electron chi connectivity index (χ3n) is 7.06. The monoisotopic (exact) mass is 553 g/mol. The van der Waals surface area contributed by atoms with Crippen LogP contribution < -0.4 is 4.90 Å². The van der Waals surface area contributed by atoms with Crippen LogP contribution in [-0.2, 0) is 36.3 Å². The standard InChI is InChI=1S/C31H31N5O2S.CH4/c1-34(21-26-11-6-3-7-12-26)39(37,38)36-23-29-17-27(19-32)14-15-31(29)35(22-28-13-8-16-33-20-28)24-30(36)18-25-9-4-2-5-10-25;/h2-17,20,30H,18,21-24H2,1H3;1H4/t30-;/m1./s1. The fourth-order valence-corrected chi connectivity index (χ4v) is 6.61. The molecule has 0 aliphatic carbocycles. The maximum absolute atomic E-state index is 14.2. The first-order valence-electron chi connectivity index (χ1n) is 12.9. The minimum atomic E-state index is -3.87. The van der Waals surface area contributed by atoms with Crippen molar-refractivity contribution in [2.24, 2.45) is 0 Å². The topological polar surface area (TPSA) is 80.5 Å². The molecule has 0 saturated carbocycles. The Morgan fingerprint density at radius 1 is 0.950 bits per heavy atom. The second kappa shape index (κ2) is 12.9. The number of nitriles is 1. The van der Waals surface area contributed by atoms with E-state index in [0.717, 1.165) is 27.9 Å². The fourth-order valence-electron chi connectivity index (χ4n) is 5.12. The molecule has 0 bridgehead atoms. The molecule has 3 aromatic carbocycles. The van der Waals surface area contributed by atoms with Crippen molar-refractivity contribution in [2.75, 3.05) is 18.5 Å². The third kappa shape index (κ3) is 6.57. The molecule has 2 heterocycles. The van der Waals surface area contributed by atoms with Gasteiger partial charge in [-0.1, -0.05) is 74.2 Å². The smallest absolute Gasteiger partial charge is 0.282 e. The highest BCUT2D eigenvalue weighted by Crippen LogP contribution is 2.33. The molecule has 1 atom stereocenters. The lowest BCUT2D eigenvalue weighted by Gasteiger charge is -2.34. The number of rotatable bonds is 8. The van der Waals surface area contributed by atoms with Gasteiger partial charge in [0.2, 0.25) is 0 Å². The van der Waals surface area contributed by atoms with Crippen LogP contribution in [0.3, 0.4) is 0 Å². The van der Waals surface area contributed by atoms with Crippen molar-refractivity contribution in [1.82, 2.24) is 13.6 Å². The molecule has 40 heavy (non-hydrogen) atoms. The molecule has 0 unspecified atom stereocenters. The molecule has 0 amide bonds. The number of fused-ring (bicyclic) bond motifs is 1. The second-order valence-electron chi connectivity index (χ2n) is 9.84. The second-order valence-corrected chi connectivity index (χ2v) is 11.8. The highest BCUT2D eigenvalue weighted by Gasteiger charge is 2.38. The molecule has 0 radical (unpaired) electrons. The summed E-state index contributed by atoms with van der Waals surface area (Å²) in [4.78, 5) is 6.49. The summed E-state index contributed by atoms with van der Waals surface area (Å²) in [6.07, 6.45) is 4.14. The largest absolute Gasteiger partial charge is 0.365 e. The van der Waals surface area contributed by atoms with E-state index >= 15 is 0 Å². The maximum Gasteiger partial charge on any atom is 0.282 e. The predicted molar refractivity (Wildman–Crippen MR) is 159 cm³/mol. The summed E-state index contributed by atoms with van der Waals surface area (Å²) in [6, 6.07) is 31.0. The first kappa shape index (κ1) is 29.0. The summed E-state index contributed by atoms with van der Waals surface area (Å²) >= 11 is 0. The molecule has 0 spiro atoms. The molecule has 1 aliphatic heterocycles. The third-order valence-corrected chi connectivity index (χ3v) is 9.00. The lowest BCUT2D eigenvalue weighted by atomic mass is 10.1. The molecular weight excluding hydrogens is 518 g/mol. The Labute approximate surface area is 238 Å². The lowest BCUT2D eigenvalue weighted by molar-refractivity contribution is 0.288. The molecule has 0 fully saturated rings. The molecule has 8 heteroatoms. The van der Waals surface area contributed by atoms with E-state index in [0.29, 0.717) is 25.1 Å². The summed E-state index contributed by atoms with van der Waals surface area (Å²) in [5, 5.41) is 9.62. The van der Waals surface area contributed by atoms with E-state index in [9.17, 15) is 13.7 Å². The van der Waals surface area contributed by atoms with Crippen molar-refractivity contribution >= 4 is 15.9 Å². The molecule has 1 aliphatic rings. The van der Waals surface area contributed by atoms with Crippen LogP contribution in [0, 0.1) is 11.3 Å². The number of nitrogens with zero attached hydrogens (tertiary/aromatic N) is 5. The van der Waals surface area contributed by atoms with Gasteiger partial charge in [-0.2, -0.15) is 22.3 Å². The number of benzene rings is 3. The Morgan fingerprint density at radius 2 is 1.62 bits per heavy atom. The summed E-state index contributed by atoms with van der Waals surface area (Å²) in [6.45, 7) is 1.50. The van der Waals surface area contributed by atoms with Crippen LogP contribution in [0.2, 0.25) is 0 Å². The molecule has 4 aromatic rings. The van der Waals surface area contributed by atoms with Crippen LogP contribution in [0.5, 0.6) is 0 Å². The van der Waals surface area contributed by atoms with E-state index in [1.807, 2.05) is 91.1 Å². The molecule has 1 aromatic heterocycles. The van der Waals surface area contributed by atoms with Crippen molar-refractivity contribution < 1.29 is 8.42 Å². The van der Waals surface area contributed by atoms with Gasteiger partial charge in [0, 0.05) is 57.3 Å². The number of pyridine rings is 1. The Hall–Kier alpha value is -4.03. The van der Waals surface area contributed by atoms with Gasteiger partial charge < -0.3 is 4.90 Å². The van der Waals surface area contributed by atoms with Gasteiger partial charge in [0.05, 0.1) is 11.6 Å². The van der Waals surface area contributed by atoms with Crippen LogP contribution in [0.15, 0.2) is 103 Å². The van der Waals surface area contributed by atoms with E-state index in [2.05, 4.69) is 16.0 Å². The first-order chi connectivity index (χ1) is 18.9. The Morgan fingerprint density at radius 3 is 2.27 bits per heavy atom. The predicted octanol–water partition coefficient (Wildman–Crippen LogP) is 5.40. The summed E-state index contributed by atoms with van der Waals surface area (Å²) < 4.78 is 31.5. The molecule has 206 valence electrons. The van der Waals surface area contributed by atoms with E-state index in [1.165, 1.54) is 4.31 Å². The van der Waals surface area contributed by atoms with Gasteiger partial charge >= 0.3 is 0 Å². The van der Waals surface area contributed by atoms with Crippen LogP contribution in [0.4, 0.5) is 5.69 Å². The van der Waals surface area contributed by atoms with Crippen LogP contribution in [0.25, 0.3) is 0 Å². The number of hydrogen-bond acceptors (Lipinski definition) is 5. The average molecular weight is 554 g/mol. The van der Waals surface area contributed by atoms with Crippen LogP contribution >= 0.6 is 0 Å². The zero-order valence-corrected chi connectivity index (χ0v) is 22.7. The van der Waals surface area contributed by atoms with Gasteiger partial charge in [-0.3, -0.25) is 4.98 Å². The summed E-state index contributed by atoms with van der Waals surface area (Å²) in [5.41, 5.74) is 5.27. The zero-order valence-electron chi connectivity index (χ0n) is 21.9. The van der Waals surface area contributed by atoms with Gasteiger partial charge in [0.1, 0.15) is 0 Å². The summed E-state index contributed by atoms with van der Waals surface area (Å²) in [5.74, 6) is 0. The number of hydrogen-bond donors (Lipinski definition) is 0. The van der Waals surface area contributed by atoms with Crippen molar-refractivity contribution in [2.45, 2.75) is 39.5 Å². The molecule has 5 rings (SSSR count). The SMILES string of the molecule is C.CN(Cc1ccccc1)S(=O)(=O)N1Cc2cc(C#N)ccc2N(Cc2cccnc2)C[C@H]1Cc1ccccc1. The average Bonchev–Trinajstić information content (AvgIpc) is 3.11. The van der Waals surface area contributed by atoms with E-state index < -0.39 is 10.2 Å². The normalized spacial score (nSPS) is 15.5. The minimum Gasteiger partial charge on any atom is -0.365 e. The Balaban J connectivity index is 0.00000370. The van der Waals surface area contributed by atoms with Gasteiger partial charge in [-0.15, -0.1) is 0 Å². The minimum absolute atomic E-state index is 0. The molecule has 7 nitrogen and oxygen atoms in total. The van der Waals surface area contributed by atoms with Crippen molar-refractivity contribution in [3.8, 4) is 6.07 Å². The number of anilines is 1. The maximum atomic E-state index is 14.2. The zero-order chi connectivity index (χ0) is 27.2. The van der Waals surface area contributed by atoms with Gasteiger partial charge in [-0.05, 0) is 52.9 Å². The van der Waals surface area contributed by atoms with E-state index in [-0.39, 0.29) is 26.6 Å². The Bertz CT molecular complexity index is 1540. The van der Waals surface area contributed by atoms with Crippen LogP contribution in [-0.4, -0.2) is 41.6 Å². The fraction of sp³-hybridized carbons (Fsp3) is 0.250. The molecular formula is C32H35N5O2S. The number of aromatic nitrogens is 1.